The number of aliphatic hydroxyl groups is 2. The van der Waals surface area contributed by atoms with E-state index in [1.165, 1.54) is 0 Å². The molecule has 0 bridgehead atoms. The Labute approximate surface area is 146 Å². The number of epoxide rings is 1. The largest absolute Gasteiger partial charge is 0.387 e. The highest BCUT2D eigenvalue weighted by molar-refractivity contribution is 5.79. The maximum absolute atomic E-state index is 12.3. The second-order valence-corrected chi connectivity index (χ2v) is 8.72. The van der Waals surface area contributed by atoms with Gasteiger partial charge in [0.1, 0.15) is 11.9 Å². The summed E-state index contributed by atoms with van der Waals surface area (Å²) in [6.07, 6.45) is 5.21. The summed E-state index contributed by atoms with van der Waals surface area (Å²) in [5, 5.41) is 21.1. The highest BCUT2D eigenvalue weighted by Gasteiger charge is 2.51. The van der Waals surface area contributed by atoms with Crippen molar-refractivity contribution in [2.45, 2.75) is 96.6 Å². The first-order valence-electron chi connectivity index (χ1n) is 9.34. The lowest BCUT2D eigenvalue weighted by Crippen LogP contribution is -2.40. The van der Waals surface area contributed by atoms with E-state index in [2.05, 4.69) is 27.7 Å². The maximum Gasteiger partial charge on any atom is 0.136 e. The number of carbonyl (C=O) groups excluding carboxylic acids is 1. The van der Waals surface area contributed by atoms with Gasteiger partial charge in [0.05, 0.1) is 17.3 Å². The molecule has 24 heavy (non-hydrogen) atoms. The maximum atomic E-state index is 12.3. The van der Waals surface area contributed by atoms with Crippen LogP contribution in [0.15, 0.2) is 11.6 Å². The van der Waals surface area contributed by atoms with Crippen LogP contribution in [0.4, 0.5) is 0 Å². The summed E-state index contributed by atoms with van der Waals surface area (Å²) in [6, 6.07) is 0. The van der Waals surface area contributed by atoms with Crippen LogP contribution in [0, 0.1) is 11.8 Å². The summed E-state index contributed by atoms with van der Waals surface area (Å²) in [6.45, 7) is 9.98. The van der Waals surface area contributed by atoms with Gasteiger partial charge >= 0.3 is 0 Å². The molecule has 0 unspecified atom stereocenters. The number of hydrogen-bond donors (Lipinski definition) is 2. The first-order chi connectivity index (χ1) is 11.0. The molecule has 0 aromatic carbocycles. The summed E-state index contributed by atoms with van der Waals surface area (Å²) >= 11 is 0. The van der Waals surface area contributed by atoms with Crippen LogP contribution in [0.5, 0.6) is 0 Å². The smallest absolute Gasteiger partial charge is 0.136 e. The molecule has 2 rings (SSSR count). The molecule has 1 saturated heterocycles. The molecule has 1 aliphatic carbocycles. The van der Waals surface area contributed by atoms with Crippen LogP contribution in [-0.2, 0) is 9.53 Å². The minimum absolute atomic E-state index is 0.00196. The van der Waals surface area contributed by atoms with Crippen LogP contribution >= 0.6 is 0 Å². The number of fused-ring (bicyclic) bond motifs is 1. The fraction of sp³-hybridized carbons (Fsp3) is 0.850. The van der Waals surface area contributed by atoms with Crippen LogP contribution in [0.2, 0.25) is 0 Å². The van der Waals surface area contributed by atoms with Crippen LogP contribution in [-0.4, -0.2) is 39.4 Å². The predicted octanol–water partition coefficient (Wildman–Crippen LogP) is 3.40. The lowest BCUT2D eigenvalue weighted by Gasteiger charge is -2.28. The van der Waals surface area contributed by atoms with Crippen molar-refractivity contribution in [1.82, 2.24) is 0 Å². The van der Waals surface area contributed by atoms with Crippen molar-refractivity contribution < 1.29 is 19.7 Å². The number of hydrogen-bond acceptors (Lipinski definition) is 4. The molecule has 1 aliphatic heterocycles. The van der Waals surface area contributed by atoms with E-state index in [4.69, 9.17) is 4.74 Å². The Morgan fingerprint density at radius 2 is 1.96 bits per heavy atom. The molecule has 1 fully saturated rings. The summed E-state index contributed by atoms with van der Waals surface area (Å²) in [4.78, 5) is 12.3. The Morgan fingerprint density at radius 3 is 2.58 bits per heavy atom. The van der Waals surface area contributed by atoms with E-state index in [1.807, 2.05) is 0 Å². The number of ketones is 1. The van der Waals surface area contributed by atoms with Gasteiger partial charge < -0.3 is 14.9 Å². The molecule has 138 valence electrons. The van der Waals surface area contributed by atoms with Crippen LogP contribution < -0.4 is 0 Å². The Bertz CT molecular complexity index is 494. The summed E-state index contributed by atoms with van der Waals surface area (Å²) in [5.41, 5.74) is -0.366. The zero-order chi connectivity index (χ0) is 18.1. The summed E-state index contributed by atoms with van der Waals surface area (Å²) < 4.78 is 5.93. The average molecular weight is 338 g/mol. The average Bonchev–Trinajstić information content (AvgIpc) is 3.10. The molecule has 0 aromatic rings. The molecular formula is C20H34O4. The summed E-state index contributed by atoms with van der Waals surface area (Å²) in [7, 11) is 0. The summed E-state index contributed by atoms with van der Waals surface area (Å²) in [5.74, 6) is 0.589. The van der Waals surface area contributed by atoms with Gasteiger partial charge in [-0.25, -0.2) is 0 Å². The topological polar surface area (TPSA) is 70.1 Å². The third kappa shape index (κ3) is 4.90. The third-order valence-electron chi connectivity index (χ3n) is 5.75. The molecule has 0 radical (unpaired) electrons. The molecule has 0 amide bonds. The first-order valence-corrected chi connectivity index (χ1v) is 9.34. The Kier molecular flexibility index (Phi) is 5.94. The van der Waals surface area contributed by atoms with Gasteiger partial charge in [0, 0.05) is 12.8 Å². The van der Waals surface area contributed by atoms with Gasteiger partial charge in [-0.2, -0.15) is 0 Å². The van der Waals surface area contributed by atoms with Crippen molar-refractivity contribution in [3.8, 4) is 0 Å². The number of aliphatic hydroxyl groups excluding tert-OH is 1. The van der Waals surface area contributed by atoms with Gasteiger partial charge in [0.2, 0.25) is 0 Å². The van der Waals surface area contributed by atoms with Gasteiger partial charge in [0.25, 0.3) is 0 Å². The molecule has 0 saturated carbocycles. The quantitative estimate of drug-likeness (QED) is 0.568. The SMILES string of the molecule is CC(C)/C1=C/[C@@H](O)[C@@](C)(O)CC(=O)C[C@H](C)CC[C@H]2O[C@]2(C)CC1. The van der Waals surface area contributed by atoms with Gasteiger partial charge in [-0.3, -0.25) is 4.79 Å². The van der Waals surface area contributed by atoms with Crippen molar-refractivity contribution in [3.05, 3.63) is 11.6 Å². The molecular weight excluding hydrogens is 304 g/mol. The second-order valence-electron chi connectivity index (χ2n) is 8.72. The fourth-order valence-corrected chi connectivity index (χ4v) is 3.72. The van der Waals surface area contributed by atoms with Gasteiger partial charge in [-0.05, 0) is 51.4 Å². The van der Waals surface area contributed by atoms with E-state index >= 15 is 0 Å². The Balaban J connectivity index is 2.21. The number of ether oxygens (including phenoxy) is 1. The van der Waals surface area contributed by atoms with E-state index in [-0.39, 0.29) is 23.7 Å². The predicted molar refractivity (Wildman–Crippen MR) is 94.7 cm³/mol. The zero-order valence-corrected chi connectivity index (χ0v) is 15.8. The Hall–Kier alpha value is -0.710. The molecule has 1 heterocycles. The van der Waals surface area contributed by atoms with E-state index in [1.54, 1.807) is 13.0 Å². The minimum atomic E-state index is -1.41. The standard InChI is InChI=1S/C20H34O4/c1-13(2)15-8-9-20(5)18(24-20)7-6-14(3)10-16(21)12-19(4,23)17(22)11-15/h11,13-14,17-18,22-23H,6-10,12H2,1-5H3/b15-11+/t14-,17-,18-,19+,20-/m1/s1. The fourth-order valence-electron chi connectivity index (χ4n) is 3.72. The van der Waals surface area contributed by atoms with Crippen LogP contribution in [0.25, 0.3) is 0 Å². The number of Topliss-reactive ketones (excluding diaryl/α,β-unsaturated/α-hetero) is 1. The van der Waals surface area contributed by atoms with E-state index in [0.717, 1.165) is 31.3 Å². The monoisotopic (exact) mass is 338 g/mol. The third-order valence-corrected chi connectivity index (χ3v) is 5.75. The van der Waals surface area contributed by atoms with Crippen molar-refractivity contribution in [2.75, 3.05) is 0 Å². The molecule has 2 N–H and O–H groups in total. The molecule has 4 nitrogen and oxygen atoms in total. The van der Waals surface area contributed by atoms with Crippen molar-refractivity contribution in [3.63, 3.8) is 0 Å². The number of carbonyl (C=O) groups is 1. The molecule has 2 aliphatic rings. The van der Waals surface area contributed by atoms with Gasteiger partial charge in [-0.15, -0.1) is 0 Å². The lowest BCUT2D eigenvalue weighted by atomic mass is 9.84. The first kappa shape index (κ1) is 19.6. The molecule has 0 aromatic heterocycles. The lowest BCUT2D eigenvalue weighted by molar-refractivity contribution is -0.128. The Morgan fingerprint density at radius 1 is 1.29 bits per heavy atom. The van der Waals surface area contributed by atoms with E-state index < -0.39 is 11.7 Å². The van der Waals surface area contributed by atoms with Crippen LogP contribution in [0.3, 0.4) is 0 Å². The normalized spacial score (nSPS) is 44.4. The van der Waals surface area contributed by atoms with Gasteiger partial charge in [-0.1, -0.05) is 32.4 Å². The molecule has 4 heteroatoms. The van der Waals surface area contributed by atoms with Crippen LogP contribution in [0.1, 0.15) is 73.1 Å². The zero-order valence-electron chi connectivity index (χ0n) is 15.8. The highest BCUT2D eigenvalue weighted by Crippen LogP contribution is 2.45. The molecule has 5 atom stereocenters. The molecule has 0 spiro atoms. The van der Waals surface area contributed by atoms with Gasteiger partial charge in [0.15, 0.2) is 0 Å². The minimum Gasteiger partial charge on any atom is -0.387 e. The number of rotatable bonds is 1. The van der Waals surface area contributed by atoms with Crippen molar-refractivity contribution >= 4 is 5.78 Å². The van der Waals surface area contributed by atoms with E-state index in [9.17, 15) is 15.0 Å². The second kappa shape index (κ2) is 7.27. The highest BCUT2D eigenvalue weighted by atomic mass is 16.6. The van der Waals surface area contributed by atoms with Crippen molar-refractivity contribution in [2.24, 2.45) is 11.8 Å². The van der Waals surface area contributed by atoms with Crippen molar-refractivity contribution in [1.29, 1.82) is 0 Å². The number of allylic oxidation sites excluding steroid dienone is 1. The van der Waals surface area contributed by atoms with E-state index in [0.29, 0.717) is 18.4 Å².